The lowest BCUT2D eigenvalue weighted by atomic mass is 9.94. The summed E-state index contributed by atoms with van der Waals surface area (Å²) in [5.74, 6) is 1.07. The summed E-state index contributed by atoms with van der Waals surface area (Å²) in [6, 6.07) is 9.34. The van der Waals surface area contributed by atoms with Crippen molar-refractivity contribution in [1.82, 2.24) is 15.3 Å². The predicted octanol–water partition coefficient (Wildman–Crippen LogP) is 5.68. The third kappa shape index (κ3) is 4.14. The van der Waals surface area contributed by atoms with Crippen LogP contribution in [0.15, 0.2) is 47.6 Å². The van der Waals surface area contributed by atoms with E-state index in [-0.39, 0.29) is 12.6 Å². The van der Waals surface area contributed by atoms with Crippen LogP contribution in [0.5, 0.6) is 0 Å². The summed E-state index contributed by atoms with van der Waals surface area (Å²) in [4.78, 5) is 8.40. The fraction of sp³-hybridized carbons (Fsp3) is 0.348. The van der Waals surface area contributed by atoms with Gasteiger partial charge in [-0.2, -0.15) is 0 Å². The van der Waals surface area contributed by atoms with Gasteiger partial charge in [-0.05, 0) is 42.0 Å². The maximum atomic E-state index is 12.4. The second-order valence-corrected chi connectivity index (χ2v) is 10.5. The molecule has 0 bridgehead atoms. The van der Waals surface area contributed by atoms with E-state index in [0.717, 1.165) is 44.7 Å². The van der Waals surface area contributed by atoms with Gasteiger partial charge in [0.15, 0.2) is 9.84 Å². The van der Waals surface area contributed by atoms with E-state index in [0.29, 0.717) is 4.90 Å². The smallest absolute Gasteiger partial charge is 0.178 e. The Hall–Kier alpha value is -2.25. The van der Waals surface area contributed by atoms with Crippen LogP contribution in [0.4, 0.5) is 0 Å². The molecule has 162 valence electrons. The fourth-order valence-electron chi connectivity index (χ4n) is 3.55. The molecule has 0 amide bonds. The van der Waals surface area contributed by atoms with Gasteiger partial charge >= 0.3 is 0 Å². The standard InChI is InChI=1S/C21H23N3O2S2.C2H6.H2/c1-4-27-21-19-18(16-9-13(3)11-22-20(16)24-19)17(12-23-21)14-7-6-8-15(10-14)28(25,26)5-2;1-2;/h6-12,21,23H,4-5H2,1-3H3,(H,22,24);1-2H3;1H. The van der Waals surface area contributed by atoms with Crippen molar-refractivity contribution in [3.63, 3.8) is 0 Å². The summed E-state index contributed by atoms with van der Waals surface area (Å²) in [6.07, 6.45) is 3.86. The topological polar surface area (TPSA) is 74.8 Å². The number of thioether (sulfide) groups is 1. The molecule has 5 nitrogen and oxygen atoms in total. The quantitative estimate of drug-likeness (QED) is 0.528. The van der Waals surface area contributed by atoms with Crippen LogP contribution in [-0.4, -0.2) is 29.9 Å². The first-order chi connectivity index (χ1) is 14.4. The zero-order valence-electron chi connectivity index (χ0n) is 18.1. The molecular formula is C23H31N3O2S2. The highest BCUT2D eigenvalue weighted by molar-refractivity contribution is 7.99. The molecule has 0 radical (unpaired) electrons. The number of hydrogen-bond donors (Lipinski definition) is 2. The molecule has 1 atom stereocenters. The molecule has 0 spiro atoms. The zero-order valence-corrected chi connectivity index (χ0v) is 19.7. The van der Waals surface area contributed by atoms with Crippen molar-refractivity contribution in [3.8, 4) is 0 Å². The number of benzene rings is 1. The van der Waals surface area contributed by atoms with Gasteiger partial charge in [0.2, 0.25) is 0 Å². The molecule has 0 saturated heterocycles. The molecule has 0 saturated carbocycles. The highest BCUT2D eigenvalue weighted by atomic mass is 32.2. The van der Waals surface area contributed by atoms with Crippen LogP contribution < -0.4 is 5.32 Å². The summed E-state index contributed by atoms with van der Waals surface area (Å²) in [7, 11) is -3.26. The Labute approximate surface area is 184 Å². The van der Waals surface area contributed by atoms with E-state index in [4.69, 9.17) is 0 Å². The van der Waals surface area contributed by atoms with E-state index < -0.39 is 9.84 Å². The molecule has 3 aromatic rings. The van der Waals surface area contributed by atoms with E-state index in [1.54, 1.807) is 19.1 Å². The highest BCUT2D eigenvalue weighted by Gasteiger charge is 2.27. The van der Waals surface area contributed by atoms with Gasteiger partial charge in [-0.15, -0.1) is 11.8 Å². The number of aryl methyl sites for hydroxylation is 1. The van der Waals surface area contributed by atoms with Gasteiger partial charge < -0.3 is 10.3 Å². The van der Waals surface area contributed by atoms with E-state index in [1.165, 1.54) is 0 Å². The Balaban J connectivity index is 0.00000111. The second kappa shape index (κ2) is 9.27. The van der Waals surface area contributed by atoms with Crippen LogP contribution >= 0.6 is 11.8 Å². The first kappa shape index (κ1) is 22.4. The summed E-state index contributed by atoms with van der Waals surface area (Å²) < 4.78 is 24.7. The largest absolute Gasteiger partial charge is 0.374 e. The van der Waals surface area contributed by atoms with Crippen LogP contribution in [0.25, 0.3) is 16.6 Å². The number of fused-ring (bicyclic) bond motifs is 3. The molecule has 3 heterocycles. The molecule has 1 unspecified atom stereocenters. The van der Waals surface area contributed by atoms with E-state index in [2.05, 4.69) is 28.3 Å². The van der Waals surface area contributed by atoms with Gasteiger partial charge in [0.05, 0.1) is 16.3 Å². The van der Waals surface area contributed by atoms with E-state index in [9.17, 15) is 8.42 Å². The number of nitrogens with one attached hydrogen (secondary N) is 2. The SMILES string of the molecule is CC.CCSC1NC=C(c2cccc(S(=O)(=O)CC)c2)c2c1[nH]c1ncc(C)cc21.[HH]. The number of hydrogen-bond acceptors (Lipinski definition) is 5. The van der Waals surface area contributed by atoms with Gasteiger partial charge in [0, 0.05) is 30.3 Å². The average molecular weight is 446 g/mol. The van der Waals surface area contributed by atoms with Gasteiger partial charge in [-0.3, -0.25) is 0 Å². The third-order valence-electron chi connectivity index (χ3n) is 4.94. The number of H-pyrrole nitrogens is 1. The first-order valence-corrected chi connectivity index (χ1v) is 13.0. The summed E-state index contributed by atoms with van der Waals surface area (Å²) in [5.41, 5.74) is 5.99. The van der Waals surface area contributed by atoms with Gasteiger partial charge in [-0.1, -0.05) is 39.8 Å². The monoisotopic (exact) mass is 445 g/mol. The Morgan fingerprint density at radius 1 is 1.20 bits per heavy atom. The predicted molar refractivity (Wildman–Crippen MR) is 130 cm³/mol. The van der Waals surface area contributed by atoms with Crippen molar-refractivity contribution in [2.75, 3.05) is 11.5 Å². The second-order valence-electron chi connectivity index (χ2n) is 6.81. The van der Waals surface area contributed by atoms with Crippen LogP contribution in [-0.2, 0) is 9.84 Å². The van der Waals surface area contributed by atoms with Gasteiger partial charge in [0.25, 0.3) is 0 Å². The fourth-order valence-corrected chi connectivity index (χ4v) is 5.31. The minimum Gasteiger partial charge on any atom is -0.374 e. The van der Waals surface area contributed by atoms with Crippen molar-refractivity contribution in [1.29, 1.82) is 0 Å². The summed E-state index contributed by atoms with van der Waals surface area (Å²) in [6.45, 7) is 9.83. The lowest BCUT2D eigenvalue weighted by molar-refractivity contribution is 0.597. The molecule has 0 fully saturated rings. The van der Waals surface area contributed by atoms with E-state index >= 15 is 0 Å². The molecule has 1 aliphatic rings. The number of sulfone groups is 1. The number of aromatic nitrogens is 2. The van der Waals surface area contributed by atoms with Crippen molar-refractivity contribution < 1.29 is 9.84 Å². The van der Waals surface area contributed by atoms with Crippen LogP contribution in [0.2, 0.25) is 0 Å². The average Bonchev–Trinajstić information content (AvgIpc) is 3.15. The third-order valence-corrected chi connectivity index (χ3v) is 7.71. The van der Waals surface area contributed by atoms with Crippen LogP contribution in [0, 0.1) is 6.92 Å². The Morgan fingerprint density at radius 2 is 1.97 bits per heavy atom. The molecule has 2 aromatic heterocycles. The molecule has 1 aliphatic heterocycles. The van der Waals surface area contributed by atoms with Gasteiger partial charge in [0.1, 0.15) is 11.0 Å². The van der Waals surface area contributed by atoms with Crippen molar-refractivity contribution in [2.45, 2.75) is 44.9 Å². The minimum atomic E-state index is -3.26. The molecule has 2 N–H and O–H groups in total. The lowest BCUT2D eigenvalue weighted by Gasteiger charge is -2.24. The maximum Gasteiger partial charge on any atom is 0.178 e. The first-order valence-electron chi connectivity index (χ1n) is 10.3. The Morgan fingerprint density at radius 3 is 2.67 bits per heavy atom. The summed E-state index contributed by atoms with van der Waals surface area (Å²) >= 11 is 1.81. The lowest BCUT2D eigenvalue weighted by Crippen LogP contribution is -2.19. The van der Waals surface area contributed by atoms with Gasteiger partial charge in [-0.25, -0.2) is 13.4 Å². The number of aromatic amines is 1. The molecule has 0 aliphatic carbocycles. The number of nitrogens with zero attached hydrogens (tertiary/aromatic N) is 1. The number of rotatable bonds is 5. The Bertz CT molecular complexity index is 1190. The normalized spacial score (nSPS) is 15.6. The summed E-state index contributed by atoms with van der Waals surface area (Å²) in [5, 5.41) is 4.64. The Kier molecular flexibility index (Phi) is 6.93. The van der Waals surface area contributed by atoms with E-state index in [1.807, 2.05) is 57.1 Å². The van der Waals surface area contributed by atoms with Crippen LogP contribution in [0.3, 0.4) is 0 Å². The highest BCUT2D eigenvalue weighted by Crippen LogP contribution is 2.41. The van der Waals surface area contributed by atoms with Crippen molar-refractivity contribution in [3.05, 3.63) is 65.1 Å². The molecule has 7 heteroatoms. The molecule has 4 rings (SSSR count). The minimum absolute atomic E-state index is 0. The number of pyridine rings is 1. The maximum absolute atomic E-state index is 12.4. The van der Waals surface area contributed by atoms with Crippen LogP contribution in [0.1, 0.15) is 56.9 Å². The van der Waals surface area contributed by atoms with Crippen molar-refractivity contribution in [2.24, 2.45) is 0 Å². The zero-order chi connectivity index (χ0) is 21.9. The molecule has 30 heavy (non-hydrogen) atoms. The molecular weight excluding hydrogens is 414 g/mol. The van der Waals surface area contributed by atoms with Crippen molar-refractivity contribution >= 4 is 38.2 Å². The molecule has 1 aromatic carbocycles.